The smallest absolute Gasteiger partial charge is 0.154 e. The zero-order valence-electron chi connectivity index (χ0n) is 7.50. The topological polar surface area (TPSA) is 61.6 Å². The van der Waals surface area contributed by atoms with Crippen molar-refractivity contribution in [2.75, 3.05) is 26.9 Å². The predicted octanol–water partition coefficient (Wildman–Crippen LogP) is 0.0810. The molecule has 0 atom stereocenters. The number of hydrogen-bond acceptors (Lipinski definition) is 4. The first-order valence-corrected chi connectivity index (χ1v) is 3.70. The molecular formula is C8H15NO3. The van der Waals surface area contributed by atoms with Crippen LogP contribution in [0.15, 0.2) is 11.8 Å². The molecule has 0 aliphatic heterocycles. The highest BCUT2D eigenvalue weighted by Crippen LogP contribution is 1.87. The normalized spacial score (nSPS) is 11.7. The highest BCUT2D eigenvalue weighted by molar-refractivity contribution is 5.87. The Morgan fingerprint density at radius 2 is 2.17 bits per heavy atom. The summed E-state index contributed by atoms with van der Waals surface area (Å²) in [5.41, 5.74) is 5.87. The number of ketones is 1. The molecular weight excluding hydrogens is 158 g/mol. The van der Waals surface area contributed by atoms with Crippen LogP contribution in [0.1, 0.15) is 6.92 Å². The highest BCUT2D eigenvalue weighted by Gasteiger charge is 1.93. The van der Waals surface area contributed by atoms with Crippen LogP contribution in [-0.4, -0.2) is 32.7 Å². The van der Waals surface area contributed by atoms with E-state index in [4.69, 9.17) is 15.2 Å². The van der Waals surface area contributed by atoms with E-state index >= 15 is 0 Å². The van der Waals surface area contributed by atoms with Gasteiger partial charge >= 0.3 is 0 Å². The molecule has 0 saturated heterocycles. The van der Waals surface area contributed by atoms with Gasteiger partial charge in [0.2, 0.25) is 0 Å². The Morgan fingerprint density at radius 1 is 1.50 bits per heavy atom. The zero-order valence-corrected chi connectivity index (χ0v) is 7.50. The van der Waals surface area contributed by atoms with Crippen LogP contribution in [-0.2, 0) is 14.3 Å². The lowest BCUT2D eigenvalue weighted by molar-refractivity contribution is -0.112. The molecule has 0 aromatic carbocycles. The standard InChI is InChI=1S/C8H15NO3/c1-7(10)5-8(9)6-12-4-3-11-2/h5H,3-4,6,9H2,1-2H3/b8-5-. The fourth-order valence-electron chi connectivity index (χ4n) is 0.635. The van der Waals surface area contributed by atoms with Gasteiger partial charge in [0.1, 0.15) is 0 Å². The van der Waals surface area contributed by atoms with Gasteiger partial charge in [-0.15, -0.1) is 0 Å². The minimum atomic E-state index is -0.0668. The minimum absolute atomic E-state index is 0.0668. The van der Waals surface area contributed by atoms with Gasteiger partial charge in [-0.1, -0.05) is 0 Å². The van der Waals surface area contributed by atoms with Crippen molar-refractivity contribution in [1.82, 2.24) is 0 Å². The largest absolute Gasteiger partial charge is 0.400 e. The lowest BCUT2D eigenvalue weighted by Gasteiger charge is -2.02. The van der Waals surface area contributed by atoms with Gasteiger partial charge in [-0.25, -0.2) is 0 Å². The van der Waals surface area contributed by atoms with Crippen molar-refractivity contribution >= 4 is 5.78 Å². The number of carbonyl (C=O) groups is 1. The van der Waals surface area contributed by atoms with Crippen molar-refractivity contribution in [3.63, 3.8) is 0 Å². The van der Waals surface area contributed by atoms with Gasteiger partial charge in [0.15, 0.2) is 5.78 Å². The molecule has 2 N–H and O–H groups in total. The number of rotatable bonds is 6. The molecule has 0 radical (unpaired) electrons. The van der Waals surface area contributed by atoms with E-state index in [9.17, 15) is 4.79 Å². The fourth-order valence-corrected chi connectivity index (χ4v) is 0.635. The van der Waals surface area contributed by atoms with Crippen molar-refractivity contribution in [3.05, 3.63) is 11.8 Å². The quantitative estimate of drug-likeness (QED) is 0.456. The summed E-state index contributed by atoms with van der Waals surface area (Å²) in [4.78, 5) is 10.5. The molecule has 0 aliphatic rings. The summed E-state index contributed by atoms with van der Waals surface area (Å²) in [5, 5.41) is 0. The highest BCUT2D eigenvalue weighted by atomic mass is 16.5. The van der Waals surface area contributed by atoms with Gasteiger partial charge in [0.25, 0.3) is 0 Å². The molecule has 0 aliphatic carbocycles. The number of nitrogens with two attached hydrogens (primary N) is 1. The van der Waals surface area contributed by atoms with Crippen molar-refractivity contribution in [3.8, 4) is 0 Å². The molecule has 4 heteroatoms. The van der Waals surface area contributed by atoms with Crippen molar-refractivity contribution < 1.29 is 14.3 Å². The Bertz CT molecular complexity index is 166. The Morgan fingerprint density at radius 3 is 2.67 bits per heavy atom. The summed E-state index contributed by atoms with van der Waals surface area (Å²) in [7, 11) is 1.60. The molecule has 0 saturated carbocycles. The molecule has 12 heavy (non-hydrogen) atoms. The monoisotopic (exact) mass is 173 g/mol. The fraction of sp³-hybridized carbons (Fsp3) is 0.625. The third kappa shape index (κ3) is 7.24. The summed E-state index contributed by atoms with van der Waals surface area (Å²) in [6.07, 6.45) is 1.35. The van der Waals surface area contributed by atoms with E-state index in [0.717, 1.165) is 0 Å². The van der Waals surface area contributed by atoms with Crippen molar-refractivity contribution in [1.29, 1.82) is 0 Å². The number of ether oxygens (including phenoxy) is 2. The van der Waals surface area contributed by atoms with Crippen LogP contribution in [0.5, 0.6) is 0 Å². The zero-order chi connectivity index (χ0) is 9.40. The molecule has 70 valence electrons. The van der Waals surface area contributed by atoms with Crippen LogP contribution < -0.4 is 5.73 Å². The molecule has 0 aromatic rings. The van der Waals surface area contributed by atoms with E-state index in [-0.39, 0.29) is 12.4 Å². The second kappa shape index (κ2) is 6.82. The first-order valence-electron chi connectivity index (χ1n) is 3.70. The second-order valence-corrected chi connectivity index (χ2v) is 2.38. The number of methoxy groups -OCH3 is 1. The van der Waals surface area contributed by atoms with Gasteiger partial charge in [-0.05, 0) is 6.92 Å². The molecule has 0 amide bonds. The molecule has 4 nitrogen and oxygen atoms in total. The van der Waals surface area contributed by atoms with Crippen LogP contribution in [0, 0.1) is 0 Å². The van der Waals surface area contributed by atoms with Crippen LogP contribution in [0.4, 0.5) is 0 Å². The van der Waals surface area contributed by atoms with E-state index in [1.54, 1.807) is 7.11 Å². The summed E-state index contributed by atoms with van der Waals surface area (Å²) in [6.45, 7) is 2.75. The molecule has 0 bridgehead atoms. The first kappa shape index (κ1) is 11.1. The van der Waals surface area contributed by atoms with Crippen molar-refractivity contribution in [2.24, 2.45) is 5.73 Å². The third-order valence-electron chi connectivity index (χ3n) is 1.09. The van der Waals surface area contributed by atoms with E-state index in [2.05, 4.69) is 0 Å². The molecule has 0 aromatic heterocycles. The second-order valence-electron chi connectivity index (χ2n) is 2.38. The molecule has 0 heterocycles. The summed E-state index contributed by atoms with van der Waals surface area (Å²) in [6, 6.07) is 0. The average molecular weight is 173 g/mol. The van der Waals surface area contributed by atoms with Crippen LogP contribution in [0.3, 0.4) is 0 Å². The minimum Gasteiger partial charge on any atom is -0.400 e. The Hall–Kier alpha value is -0.870. The van der Waals surface area contributed by atoms with E-state index in [1.165, 1.54) is 13.0 Å². The summed E-state index contributed by atoms with van der Waals surface area (Å²) >= 11 is 0. The van der Waals surface area contributed by atoms with Gasteiger partial charge in [-0.3, -0.25) is 4.79 Å². The van der Waals surface area contributed by atoms with Crippen LogP contribution in [0.25, 0.3) is 0 Å². The number of allylic oxidation sites excluding steroid dienone is 1. The molecule has 0 spiro atoms. The summed E-state index contributed by atoms with van der Waals surface area (Å²) in [5.74, 6) is -0.0668. The van der Waals surface area contributed by atoms with Crippen LogP contribution >= 0.6 is 0 Å². The average Bonchev–Trinajstić information content (AvgIpc) is 1.97. The van der Waals surface area contributed by atoms with Crippen LogP contribution in [0.2, 0.25) is 0 Å². The molecule has 0 fully saturated rings. The van der Waals surface area contributed by atoms with E-state index < -0.39 is 0 Å². The van der Waals surface area contributed by atoms with Gasteiger partial charge in [0.05, 0.1) is 19.8 Å². The summed E-state index contributed by atoms with van der Waals surface area (Å²) < 4.78 is 9.82. The first-order chi connectivity index (χ1) is 5.66. The third-order valence-corrected chi connectivity index (χ3v) is 1.09. The maximum atomic E-state index is 10.5. The lowest BCUT2D eigenvalue weighted by Crippen LogP contribution is -2.11. The molecule has 0 rings (SSSR count). The maximum absolute atomic E-state index is 10.5. The SMILES string of the molecule is COCCOC/C(N)=C/C(C)=O. The molecule has 0 unspecified atom stereocenters. The van der Waals surface area contributed by atoms with Gasteiger partial charge < -0.3 is 15.2 Å². The number of hydrogen-bond donors (Lipinski definition) is 1. The maximum Gasteiger partial charge on any atom is 0.154 e. The van der Waals surface area contributed by atoms with Gasteiger partial charge in [-0.2, -0.15) is 0 Å². The van der Waals surface area contributed by atoms with Crippen molar-refractivity contribution in [2.45, 2.75) is 6.92 Å². The Balaban J connectivity index is 3.43. The van der Waals surface area contributed by atoms with E-state index in [0.29, 0.717) is 18.9 Å². The predicted molar refractivity (Wildman–Crippen MR) is 45.6 cm³/mol. The Kier molecular flexibility index (Phi) is 6.32. The van der Waals surface area contributed by atoms with Gasteiger partial charge in [0, 0.05) is 18.9 Å². The van der Waals surface area contributed by atoms with E-state index in [1.807, 2.05) is 0 Å². The number of carbonyl (C=O) groups excluding carboxylic acids is 1. The Labute approximate surface area is 72.3 Å². The lowest BCUT2D eigenvalue weighted by atomic mass is 10.3.